The number of hydrogen-bond acceptors (Lipinski definition) is 9. The van der Waals surface area contributed by atoms with Crippen molar-refractivity contribution in [1.29, 1.82) is 0 Å². The zero-order valence-corrected chi connectivity index (χ0v) is 22.9. The van der Waals surface area contributed by atoms with Gasteiger partial charge in [0, 0.05) is 37.2 Å². The number of carbonyl (C=O) groups is 3. The van der Waals surface area contributed by atoms with Crippen LogP contribution in [0.25, 0.3) is 0 Å². The van der Waals surface area contributed by atoms with Gasteiger partial charge < -0.3 is 23.7 Å². The van der Waals surface area contributed by atoms with E-state index in [1.165, 1.54) is 0 Å². The van der Waals surface area contributed by atoms with Crippen LogP contribution in [0.4, 0.5) is 0 Å². The number of carbonyl (C=O) groups excluding carboxylic acids is 3. The van der Waals surface area contributed by atoms with Crippen molar-refractivity contribution in [3.05, 3.63) is 33.9 Å². The monoisotopic (exact) mass is 517 g/mol. The molecule has 37 heavy (non-hydrogen) atoms. The van der Waals surface area contributed by atoms with Crippen LogP contribution in [0.15, 0.2) is 11.6 Å². The Morgan fingerprint density at radius 3 is 2.46 bits per heavy atom. The molecular formula is C28H39NO8. The van der Waals surface area contributed by atoms with Gasteiger partial charge in [0.05, 0.1) is 25.7 Å². The molecule has 1 aromatic rings. The lowest BCUT2D eigenvalue weighted by Crippen LogP contribution is -2.38. The predicted molar refractivity (Wildman–Crippen MR) is 137 cm³/mol. The van der Waals surface area contributed by atoms with Crippen LogP contribution in [0.3, 0.4) is 0 Å². The van der Waals surface area contributed by atoms with Gasteiger partial charge >= 0.3 is 17.9 Å². The average Bonchev–Trinajstić information content (AvgIpc) is 3.25. The minimum atomic E-state index is -0.765. The van der Waals surface area contributed by atoms with E-state index in [1.807, 2.05) is 19.9 Å². The minimum Gasteiger partial charge on any atom is -0.496 e. The number of nitrogens with zero attached hydrogens (tertiary/aromatic N) is 1. The van der Waals surface area contributed by atoms with Crippen LogP contribution >= 0.6 is 0 Å². The molecular weight excluding hydrogens is 478 g/mol. The third kappa shape index (κ3) is 7.32. The van der Waals surface area contributed by atoms with Gasteiger partial charge in [-0.15, -0.1) is 0 Å². The van der Waals surface area contributed by atoms with Crippen molar-refractivity contribution in [2.45, 2.75) is 60.5 Å². The molecule has 3 rings (SSSR count). The summed E-state index contributed by atoms with van der Waals surface area (Å²) in [6.07, 6.45) is 3.11. The number of ether oxygens (including phenoxy) is 5. The Morgan fingerprint density at radius 2 is 1.81 bits per heavy atom. The lowest BCUT2D eigenvalue weighted by Gasteiger charge is -2.26. The van der Waals surface area contributed by atoms with E-state index < -0.39 is 17.4 Å². The van der Waals surface area contributed by atoms with E-state index in [4.69, 9.17) is 23.7 Å². The minimum absolute atomic E-state index is 0.110. The van der Waals surface area contributed by atoms with Crippen molar-refractivity contribution >= 4 is 17.9 Å². The molecule has 2 aliphatic rings. The maximum Gasteiger partial charge on any atom is 0.342 e. The number of fused-ring (bicyclic) bond motifs is 1. The fourth-order valence-electron chi connectivity index (χ4n) is 4.23. The van der Waals surface area contributed by atoms with E-state index in [1.54, 1.807) is 27.9 Å². The zero-order chi connectivity index (χ0) is 27.2. The Morgan fingerprint density at radius 1 is 1.11 bits per heavy atom. The molecule has 0 aliphatic carbocycles. The highest BCUT2D eigenvalue weighted by Gasteiger charge is 2.35. The molecule has 0 unspecified atom stereocenters. The molecule has 1 fully saturated rings. The lowest BCUT2D eigenvalue weighted by molar-refractivity contribution is -0.144. The Hall–Kier alpha value is -2.91. The van der Waals surface area contributed by atoms with Crippen molar-refractivity contribution < 1.29 is 38.1 Å². The van der Waals surface area contributed by atoms with Gasteiger partial charge in [-0.1, -0.05) is 11.6 Å². The third-order valence-corrected chi connectivity index (χ3v) is 6.59. The first-order valence-corrected chi connectivity index (χ1v) is 12.8. The summed E-state index contributed by atoms with van der Waals surface area (Å²) in [4.78, 5) is 39.8. The van der Waals surface area contributed by atoms with E-state index in [2.05, 4.69) is 4.90 Å². The summed E-state index contributed by atoms with van der Waals surface area (Å²) in [6.45, 7) is 13.4. The summed E-state index contributed by atoms with van der Waals surface area (Å²) in [6, 6.07) is 0. The molecule has 1 aromatic carbocycles. The molecule has 204 valence electrons. The van der Waals surface area contributed by atoms with Crippen LogP contribution in [0.2, 0.25) is 0 Å². The highest BCUT2D eigenvalue weighted by Crippen LogP contribution is 2.43. The molecule has 1 saturated heterocycles. The quantitative estimate of drug-likeness (QED) is 0.261. The maximum absolute atomic E-state index is 12.8. The zero-order valence-electron chi connectivity index (χ0n) is 22.9. The second kappa shape index (κ2) is 12.6. The molecule has 0 atom stereocenters. The molecule has 0 spiro atoms. The fraction of sp³-hybridized carbons (Fsp3) is 0.607. The van der Waals surface area contributed by atoms with Crippen molar-refractivity contribution in [2.75, 3.05) is 46.6 Å². The number of rotatable bonds is 10. The summed E-state index contributed by atoms with van der Waals surface area (Å²) in [5.41, 5.74) is 2.54. The van der Waals surface area contributed by atoms with Crippen LogP contribution < -0.4 is 9.47 Å². The van der Waals surface area contributed by atoms with Crippen molar-refractivity contribution in [2.24, 2.45) is 5.41 Å². The van der Waals surface area contributed by atoms with Crippen LogP contribution in [0.1, 0.15) is 67.6 Å². The SMILES string of the molecule is COc1c(C)c2c(c(OC(=O)C(C)(C)C)c1C/C=C(\C)CCC(=O)OCCN1CCOCC1)C(=O)OC2. The van der Waals surface area contributed by atoms with Gasteiger partial charge in [0.25, 0.3) is 0 Å². The third-order valence-electron chi connectivity index (χ3n) is 6.59. The van der Waals surface area contributed by atoms with E-state index in [0.29, 0.717) is 56.1 Å². The van der Waals surface area contributed by atoms with E-state index in [-0.39, 0.29) is 30.3 Å². The fourth-order valence-corrected chi connectivity index (χ4v) is 4.23. The predicted octanol–water partition coefficient (Wildman–Crippen LogP) is 3.77. The molecule has 0 bridgehead atoms. The van der Waals surface area contributed by atoms with Crippen LogP contribution in [0.5, 0.6) is 11.5 Å². The van der Waals surface area contributed by atoms with Crippen LogP contribution in [-0.2, 0) is 36.8 Å². The lowest BCUT2D eigenvalue weighted by atomic mass is 9.93. The van der Waals surface area contributed by atoms with E-state index in [0.717, 1.165) is 24.2 Å². The molecule has 0 aromatic heterocycles. The molecule has 0 radical (unpaired) electrons. The summed E-state index contributed by atoms with van der Waals surface area (Å²) in [7, 11) is 1.55. The van der Waals surface area contributed by atoms with Gasteiger partial charge in [-0.05, 0) is 53.0 Å². The molecule has 2 aliphatic heterocycles. The smallest absolute Gasteiger partial charge is 0.342 e. The highest BCUT2D eigenvalue weighted by molar-refractivity contribution is 5.99. The molecule has 0 N–H and O–H groups in total. The average molecular weight is 518 g/mol. The van der Waals surface area contributed by atoms with Crippen LogP contribution in [-0.4, -0.2) is 69.4 Å². The second-order valence-electron chi connectivity index (χ2n) is 10.5. The highest BCUT2D eigenvalue weighted by atomic mass is 16.6. The van der Waals surface area contributed by atoms with E-state index in [9.17, 15) is 14.4 Å². The van der Waals surface area contributed by atoms with Crippen molar-refractivity contribution in [3.8, 4) is 11.5 Å². The molecule has 2 heterocycles. The van der Waals surface area contributed by atoms with Gasteiger partial charge in [-0.25, -0.2) is 4.79 Å². The number of benzene rings is 1. The number of hydrogen-bond donors (Lipinski definition) is 0. The summed E-state index contributed by atoms with van der Waals surface area (Å²) in [5, 5.41) is 0. The van der Waals surface area contributed by atoms with Gasteiger partial charge in [-0.3, -0.25) is 14.5 Å². The molecule has 9 heteroatoms. The summed E-state index contributed by atoms with van der Waals surface area (Å²) in [5.74, 6) is -0.470. The van der Waals surface area contributed by atoms with E-state index >= 15 is 0 Å². The van der Waals surface area contributed by atoms with Crippen LogP contribution in [0, 0.1) is 12.3 Å². The number of allylic oxidation sites excluding steroid dienone is 2. The Balaban J connectivity index is 1.71. The number of morpholine rings is 1. The topological polar surface area (TPSA) is 101 Å². The number of cyclic esters (lactones) is 1. The van der Waals surface area contributed by atoms with Gasteiger partial charge in [-0.2, -0.15) is 0 Å². The first-order chi connectivity index (χ1) is 17.5. The number of methoxy groups -OCH3 is 1. The Bertz CT molecular complexity index is 1050. The Kier molecular flexibility index (Phi) is 9.73. The largest absolute Gasteiger partial charge is 0.496 e. The van der Waals surface area contributed by atoms with Gasteiger partial charge in [0.2, 0.25) is 0 Å². The first-order valence-electron chi connectivity index (χ1n) is 12.8. The maximum atomic E-state index is 12.8. The van der Waals surface area contributed by atoms with Gasteiger partial charge in [0.15, 0.2) is 5.75 Å². The normalized spacial score (nSPS) is 16.3. The Labute approximate surface area is 219 Å². The summed E-state index contributed by atoms with van der Waals surface area (Å²) >= 11 is 0. The van der Waals surface area contributed by atoms with Crippen molar-refractivity contribution in [3.63, 3.8) is 0 Å². The summed E-state index contributed by atoms with van der Waals surface area (Å²) < 4.78 is 27.5. The molecule has 0 amide bonds. The molecule has 0 saturated carbocycles. The number of esters is 3. The second-order valence-corrected chi connectivity index (χ2v) is 10.5. The standard InChI is InChI=1S/C28H39NO8/c1-18(8-10-22(30)35-16-13-29-11-14-34-15-12-29)7-9-20-24(33-6)19(2)21-17-36-26(31)23(21)25(20)37-27(32)28(3,4)5/h7H,8-17H2,1-6H3/b18-7+. The van der Waals surface area contributed by atoms with Crippen molar-refractivity contribution in [1.82, 2.24) is 4.90 Å². The molecule has 9 nitrogen and oxygen atoms in total. The van der Waals surface area contributed by atoms with Gasteiger partial charge in [0.1, 0.15) is 24.5 Å². The first kappa shape index (κ1) is 28.7.